The van der Waals surface area contributed by atoms with Gasteiger partial charge >= 0.3 is 0 Å². The van der Waals surface area contributed by atoms with Crippen LogP contribution in [0.25, 0.3) is 0 Å². The van der Waals surface area contributed by atoms with E-state index < -0.39 is 0 Å². The summed E-state index contributed by atoms with van der Waals surface area (Å²) >= 11 is 0. The van der Waals surface area contributed by atoms with Crippen molar-refractivity contribution in [2.24, 2.45) is 16.6 Å². The van der Waals surface area contributed by atoms with Crippen LogP contribution in [0.3, 0.4) is 0 Å². The minimum atomic E-state index is -0.115. The Balaban J connectivity index is 4.70. The van der Waals surface area contributed by atoms with E-state index in [2.05, 4.69) is 20.8 Å². The molecule has 0 radical (unpaired) electrons. The van der Waals surface area contributed by atoms with Gasteiger partial charge in [0.1, 0.15) is 0 Å². The fourth-order valence-corrected chi connectivity index (χ4v) is 0.589. The van der Waals surface area contributed by atoms with E-state index in [4.69, 9.17) is 11.1 Å². The zero-order valence-corrected chi connectivity index (χ0v) is 9.65. The van der Waals surface area contributed by atoms with Crippen LogP contribution in [0, 0.1) is 16.2 Å². The molecule has 0 aliphatic carbocycles. The average molecular weight is 182 g/mol. The Hall–Kier alpha value is -0.790. The lowest BCUT2D eigenvalue weighted by atomic mass is 9.85. The first-order valence-corrected chi connectivity index (χ1v) is 4.62. The number of nitrogens with one attached hydrogen (secondary N) is 1. The lowest BCUT2D eigenvalue weighted by Gasteiger charge is -2.22. The molecule has 0 aliphatic rings. The summed E-state index contributed by atoms with van der Waals surface area (Å²) in [5.74, 6) is 0. The first kappa shape index (κ1) is 12.2. The highest BCUT2D eigenvalue weighted by Gasteiger charge is 2.19. The van der Waals surface area contributed by atoms with Crippen molar-refractivity contribution in [1.82, 2.24) is 0 Å². The molecule has 3 N–H and O–H groups in total. The smallest absolute Gasteiger partial charge is 0.0384 e. The van der Waals surface area contributed by atoms with Crippen LogP contribution >= 0.6 is 0 Å². The van der Waals surface area contributed by atoms with Gasteiger partial charge in [0.05, 0.1) is 0 Å². The highest BCUT2D eigenvalue weighted by molar-refractivity contribution is 5.96. The summed E-state index contributed by atoms with van der Waals surface area (Å²) in [4.78, 5) is 0. The van der Waals surface area contributed by atoms with Crippen LogP contribution < -0.4 is 5.73 Å². The summed E-state index contributed by atoms with van der Waals surface area (Å²) in [6.45, 7) is 12.2. The van der Waals surface area contributed by atoms with E-state index in [1.54, 1.807) is 6.08 Å². The Labute approximate surface area is 81.7 Å². The second kappa shape index (κ2) is 3.52. The van der Waals surface area contributed by atoms with Gasteiger partial charge in [0, 0.05) is 22.2 Å². The first-order chi connectivity index (χ1) is 5.55. The Morgan fingerprint density at radius 3 is 1.62 bits per heavy atom. The van der Waals surface area contributed by atoms with Gasteiger partial charge in [-0.1, -0.05) is 41.5 Å². The SMILES string of the molecule is CC(C)(C)C(=N)/C=C(\N)C(C)(C)C. The maximum absolute atomic E-state index is 7.79. The van der Waals surface area contributed by atoms with Crippen LogP contribution in [0.2, 0.25) is 0 Å². The van der Waals surface area contributed by atoms with Crippen molar-refractivity contribution in [1.29, 1.82) is 5.41 Å². The molecule has 0 aliphatic heterocycles. The fourth-order valence-electron chi connectivity index (χ4n) is 0.589. The number of hydrogen-bond acceptors (Lipinski definition) is 2. The van der Waals surface area contributed by atoms with Gasteiger partial charge in [-0.05, 0) is 6.08 Å². The highest BCUT2D eigenvalue weighted by atomic mass is 14.6. The van der Waals surface area contributed by atoms with Crippen LogP contribution in [-0.2, 0) is 0 Å². The van der Waals surface area contributed by atoms with Gasteiger partial charge in [-0.3, -0.25) is 0 Å². The van der Waals surface area contributed by atoms with E-state index in [1.165, 1.54) is 0 Å². The highest BCUT2D eigenvalue weighted by Crippen LogP contribution is 2.23. The van der Waals surface area contributed by atoms with Gasteiger partial charge in [0.2, 0.25) is 0 Å². The average Bonchev–Trinajstić information content (AvgIpc) is 1.82. The van der Waals surface area contributed by atoms with Gasteiger partial charge in [0.25, 0.3) is 0 Å². The maximum atomic E-state index is 7.79. The molecule has 0 rings (SSSR count). The quantitative estimate of drug-likeness (QED) is 0.602. The molecule has 0 saturated carbocycles. The maximum Gasteiger partial charge on any atom is 0.0384 e. The molecule has 0 amide bonds. The minimum absolute atomic E-state index is 0.0441. The molecule has 0 bridgehead atoms. The Morgan fingerprint density at radius 2 is 1.38 bits per heavy atom. The van der Waals surface area contributed by atoms with Crippen LogP contribution in [0.4, 0.5) is 0 Å². The Bertz CT molecular complexity index is 223. The molecule has 0 atom stereocenters. The van der Waals surface area contributed by atoms with Crippen molar-refractivity contribution in [2.45, 2.75) is 41.5 Å². The first-order valence-electron chi connectivity index (χ1n) is 4.62. The van der Waals surface area contributed by atoms with Gasteiger partial charge in [-0.15, -0.1) is 0 Å². The molecule has 13 heavy (non-hydrogen) atoms. The second-order valence-corrected chi connectivity index (χ2v) is 5.51. The molecule has 2 nitrogen and oxygen atoms in total. The monoisotopic (exact) mass is 182 g/mol. The third kappa shape index (κ3) is 4.11. The molecule has 0 saturated heterocycles. The number of nitrogens with two attached hydrogens (primary N) is 1. The van der Waals surface area contributed by atoms with Gasteiger partial charge in [-0.2, -0.15) is 0 Å². The van der Waals surface area contributed by atoms with Crippen LogP contribution in [0.15, 0.2) is 11.8 Å². The van der Waals surface area contributed by atoms with E-state index in [9.17, 15) is 0 Å². The molecule has 0 unspecified atom stereocenters. The largest absolute Gasteiger partial charge is 0.402 e. The number of rotatable bonds is 1. The fraction of sp³-hybridized carbons (Fsp3) is 0.727. The predicted octanol–water partition coefficient (Wildman–Crippen LogP) is 2.94. The van der Waals surface area contributed by atoms with E-state index in [0.29, 0.717) is 5.71 Å². The number of allylic oxidation sites excluding steroid dienone is 2. The number of hydrogen-bond donors (Lipinski definition) is 2. The molecule has 0 fully saturated rings. The normalized spacial score (nSPS) is 14.5. The van der Waals surface area contributed by atoms with Crippen molar-refractivity contribution in [3.63, 3.8) is 0 Å². The molecule has 0 heterocycles. The van der Waals surface area contributed by atoms with Gasteiger partial charge in [0.15, 0.2) is 0 Å². The van der Waals surface area contributed by atoms with Crippen LogP contribution in [-0.4, -0.2) is 5.71 Å². The topological polar surface area (TPSA) is 49.9 Å². The molecule has 76 valence electrons. The zero-order chi connectivity index (χ0) is 10.9. The molecule has 0 aromatic heterocycles. The van der Waals surface area contributed by atoms with Crippen molar-refractivity contribution in [3.8, 4) is 0 Å². The predicted molar refractivity (Wildman–Crippen MR) is 58.9 cm³/mol. The molecular weight excluding hydrogens is 160 g/mol. The molecule has 0 spiro atoms. The third-order valence-electron chi connectivity index (χ3n) is 1.97. The van der Waals surface area contributed by atoms with E-state index in [0.717, 1.165) is 5.70 Å². The molecule has 2 heteroatoms. The van der Waals surface area contributed by atoms with Crippen molar-refractivity contribution < 1.29 is 0 Å². The van der Waals surface area contributed by atoms with Gasteiger partial charge < -0.3 is 11.1 Å². The third-order valence-corrected chi connectivity index (χ3v) is 1.97. The van der Waals surface area contributed by atoms with Crippen molar-refractivity contribution in [3.05, 3.63) is 11.8 Å². The summed E-state index contributed by atoms with van der Waals surface area (Å²) in [6, 6.07) is 0. The van der Waals surface area contributed by atoms with Crippen molar-refractivity contribution >= 4 is 5.71 Å². The molecular formula is C11H22N2. The van der Waals surface area contributed by atoms with E-state index in [1.807, 2.05) is 20.8 Å². The lowest BCUT2D eigenvalue weighted by Crippen LogP contribution is -2.23. The summed E-state index contributed by atoms with van der Waals surface area (Å²) in [6.07, 6.45) is 1.78. The van der Waals surface area contributed by atoms with Crippen molar-refractivity contribution in [2.75, 3.05) is 0 Å². The lowest BCUT2D eigenvalue weighted by molar-refractivity contribution is 0.496. The Morgan fingerprint density at radius 1 is 1.00 bits per heavy atom. The Kier molecular flexibility index (Phi) is 3.31. The van der Waals surface area contributed by atoms with Crippen LogP contribution in [0.5, 0.6) is 0 Å². The van der Waals surface area contributed by atoms with Crippen LogP contribution in [0.1, 0.15) is 41.5 Å². The minimum Gasteiger partial charge on any atom is -0.402 e. The summed E-state index contributed by atoms with van der Waals surface area (Å²) < 4.78 is 0. The summed E-state index contributed by atoms with van der Waals surface area (Å²) in [5.41, 5.74) is 7.06. The molecule has 0 aromatic rings. The summed E-state index contributed by atoms with van der Waals surface area (Å²) in [5, 5.41) is 7.79. The zero-order valence-electron chi connectivity index (χ0n) is 9.65. The summed E-state index contributed by atoms with van der Waals surface area (Å²) in [7, 11) is 0. The standard InChI is InChI=1S/C11H22N2/c1-10(2,3)8(12)7-9(13)11(4,5)6/h7,12H,13H2,1-6H3/b9-7-,12-8?. The van der Waals surface area contributed by atoms with Gasteiger partial charge in [-0.25, -0.2) is 0 Å². The molecule has 0 aromatic carbocycles. The van der Waals surface area contributed by atoms with E-state index >= 15 is 0 Å². The van der Waals surface area contributed by atoms with E-state index in [-0.39, 0.29) is 10.8 Å². The second-order valence-electron chi connectivity index (χ2n) is 5.51.